The highest BCUT2D eigenvalue weighted by Gasteiger charge is 2.21. The average Bonchev–Trinajstić information content (AvgIpc) is 3.20. The molecule has 0 bridgehead atoms. The van der Waals surface area contributed by atoms with Gasteiger partial charge in [0, 0.05) is 31.2 Å². The second kappa shape index (κ2) is 10.5. The number of nitrogens with two attached hydrogens (primary N) is 1. The molecule has 1 amide bonds. The van der Waals surface area contributed by atoms with Crippen LogP contribution in [0.15, 0.2) is 59.8 Å². The first-order valence-corrected chi connectivity index (χ1v) is 11.6. The topological polar surface area (TPSA) is 98.3 Å². The lowest BCUT2D eigenvalue weighted by molar-refractivity contribution is -0.119. The van der Waals surface area contributed by atoms with Gasteiger partial charge in [-0.1, -0.05) is 42.1 Å². The number of nitrogens with zero attached hydrogens (tertiary/aromatic N) is 4. The maximum Gasteiger partial charge on any atom is 0.230 e. The lowest BCUT2D eigenvalue weighted by Gasteiger charge is -2.32. The molecule has 3 aromatic rings. The molecule has 1 aromatic heterocycles. The van der Waals surface area contributed by atoms with Crippen LogP contribution in [0.4, 0.5) is 0 Å². The molecule has 0 atom stereocenters. The number of carbonyl (C=O) groups excluding carboxylic acids is 1. The molecule has 1 aliphatic heterocycles. The summed E-state index contributed by atoms with van der Waals surface area (Å²) in [6.45, 7) is 2.92. The van der Waals surface area contributed by atoms with Crippen molar-refractivity contribution in [1.29, 1.82) is 0 Å². The van der Waals surface area contributed by atoms with Gasteiger partial charge in [0.05, 0.1) is 12.9 Å². The zero-order valence-electron chi connectivity index (χ0n) is 18.1. The molecule has 2 aromatic carbocycles. The number of hydrogen-bond acceptors (Lipinski definition) is 7. The zero-order valence-corrected chi connectivity index (χ0v) is 18.9. The van der Waals surface area contributed by atoms with Gasteiger partial charge in [-0.25, -0.2) is 4.68 Å². The van der Waals surface area contributed by atoms with Crippen LogP contribution in [0.25, 0.3) is 11.4 Å². The number of carbonyl (C=O) groups is 1. The Morgan fingerprint density at radius 3 is 2.53 bits per heavy atom. The number of benzene rings is 2. The van der Waals surface area contributed by atoms with Crippen molar-refractivity contribution in [3.8, 4) is 17.1 Å². The molecule has 0 spiro atoms. The van der Waals surface area contributed by atoms with Crippen LogP contribution in [0.5, 0.6) is 5.75 Å². The first kappa shape index (κ1) is 22.2. The molecular formula is C23H28N6O2S. The standard InChI is InChI=1S/C23H28N6O2S/c1-31-20-9-7-18(8-10-20)22-26-27-23(29(22)24)32-16-21(30)25-19-11-13-28(14-12-19)15-17-5-3-2-4-6-17/h2-10,19H,11-16,24H2,1H3,(H,25,30). The highest BCUT2D eigenvalue weighted by molar-refractivity contribution is 7.99. The third-order valence-electron chi connectivity index (χ3n) is 5.55. The Hall–Kier alpha value is -3.04. The summed E-state index contributed by atoms with van der Waals surface area (Å²) in [5.41, 5.74) is 2.16. The molecule has 4 rings (SSSR count). The van der Waals surface area contributed by atoms with Crippen LogP contribution >= 0.6 is 11.8 Å². The number of methoxy groups -OCH3 is 1. The minimum absolute atomic E-state index is 0.00879. The Kier molecular flexibility index (Phi) is 7.28. The Bertz CT molecular complexity index is 1020. The quantitative estimate of drug-likeness (QED) is 0.400. The summed E-state index contributed by atoms with van der Waals surface area (Å²) in [7, 11) is 1.62. The van der Waals surface area contributed by atoms with E-state index in [4.69, 9.17) is 10.6 Å². The fourth-order valence-electron chi connectivity index (χ4n) is 3.79. The summed E-state index contributed by atoms with van der Waals surface area (Å²) >= 11 is 1.29. The van der Waals surface area contributed by atoms with Crippen molar-refractivity contribution in [3.63, 3.8) is 0 Å². The number of rotatable bonds is 8. The highest BCUT2D eigenvalue weighted by Crippen LogP contribution is 2.23. The Balaban J connectivity index is 1.23. The van der Waals surface area contributed by atoms with Gasteiger partial charge in [-0.05, 0) is 42.7 Å². The minimum Gasteiger partial charge on any atom is -0.497 e. The summed E-state index contributed by atoms with van der Waals surface area (Å²) in [6, 6.07) is 18.1. The molecule has 3 N–H and O–H groups in total. The molecule has 0 unspecified atom stereocenters. The summed E-state index contributed by atoms with van der Waals surface area (Å²) < 4.78 is 6.59. The van der Waals surface area contributed by atoms with Gasteiger partial charge in [-0.3, -0.25) is 9.69 Å². The maximum atomic E-state index is 12.5. The Morgan fingerprint density at radius 2 is 1.84 bits per heavy atom. The highest BCUT2D eigenvalue weighted by atomic mass is 32.2. The fourth-order valence-corrected chi connectivity index (χ4v) is 4.46. The number of nitrogens with one attached hydrogen (secondary N) is 1. The number of amides is 1. The minimum atomic E-state index is -0.00879. The monoisotopic (exact) mass is 452 g/mol. The van der Waals surface area contributed by atoms with E-state index in [1.165, 1.54) is 22.0 Å². The number of ether oxygens (including phenoxy) is 1. The number of likely N-dealkylation sites (tertiary alicyclic amines) is 1. The van der Waals surface area contributed by atoms with Crippen molar-refractivity contribution in [3.05, 3.63) is 60.2 Å². The predicted octanol–water partition coefficient (Wildman–Crippen LogP) is 2.54. The van der Waals surface area contributed by atoms with E-state index in [0.29, 0.717) is 11.0 Å². The lowest BCUT2D eigenvalue weighted by Crippen LogP contribution is -2.44. The van der Waals surface area contributed by atoms with E-state index >= 15 is 0 Å². The molecule has 1 fully saturated rings. The van der Waals surface area contributed by atoms with Gasteiger partial charge in [-0.15, -0.1) is 10.2 Å². The van der Waals surface area contributed by atoms with Crippen molar-refractivity contribution in [1.82, 2.24) is 25.1 Å². The van der Waals surface area contributed by atoms with Gasteiger partial charge in [-0.2, -0.15) is 0 Å². The summed E-state index contributed by atoms with van der Waals surface area (Å²) in [4.78, 5) is 14.9. The molecule has 0 aliphatic carbocycles. The molecule has 1 aliphatic rings. The van der Waals surface area contributed by atoms with E-state index in [1.807, 2.05) is 30.3 Å². The molecule has 0 radical (unpaired) electrons. The van der Waals surface area contributed by atoms with E-state index in [0.717, 1.165) is 43.8 Å². The molecule has 2 heterocycles. The second-order valence-electron chi connectivity index (χ2n) is 7.80. The first-order valence-electron chi connectivity index (χ1n) is 10.7. The van der Waals surface area contributed by atoms with Gasteiger partial charge in [0.25, 0.3) is 0 Å². The van der Waals surface area contributed by atoms with Crippen molar-refractivity contribution in [2.45, 2.75) is 30.6 Å². The summed E-state index contributed by atoms with van der Waals surface area (Å²) in [6.07, 6.45) is 1.91. The molecule has 32 heavy (non-hydrogen) atoms. The van der Waals surface area contributed by atoms with E-state index in [-0.39, 0.29) is 17.7 Å². The van der Waals surface area contributed by atoms with Crippen LogP contribution in [0.3, 0.4) is 0 Å². The zero-order chi connectivity index (χ0) is 22.3. The second-order valence-corrected chi connectivity index (χ2v) is 8.74. The van der Waals surface area contributed by atoms with E-state index in [1.54, 1.807) is 7.11 Å². The molecule has 168 valence electrons. The number of piperidine rings is 1. The van der Waals surface area contributed by atoms with E-state index < -0.39 is 0 Å². The van der Waals surface area contributed by atoms with Crippen molar-refractivity contribution >= 4 is 17.7 Å². The summed E-state index contributed by atoms with van der Waals surface area (Å²) in [5.74, 6) is 7.70. The summed E-state index contributed by atoms with van der Waals surface area (Å²) in [5, 5.41) is 12.0. The van der Waals surface area contributed by atoms with E-state index in [9.17, 15) is 4.79 Å². The smallest absolute Gasteiger partial charge is 0.230 e. The van der Waals surface area contributed by atoms with Crippen molar-refractivity contribution in [2.24, 2.45) is 0 Å². The van der Waals surface area contributed by atoms with Gasteiger partial charge in [0.1, 0.15) is 5.75 Å². The SMILES string of the molecule is COc1ccc(-c2nnc(SCC(=O)NC3CCN(Cc4ccccc4)CC3)n2N)cc1. The van der Waals surface area contributed by atoms with Gasteiger partial charge in [0.15, 0.2) is 5.82 Å². The number of thioether (sulfide) groups is 1. The van der Waals surface area contributed by atoms with Crippen molar-refractivity contribution in [2.75, 3.05) is 31.8 Å². The van der Waals surface area contributed by atoms with Gasteiger partial charge in [0.2, 0.25) is 11.1 Å². The fraction of sp³-hybridized carbons (Fsp3) is 0.348. The number of aromatic nitrogens is 3. The maximum absolute atomic E-state index is 12.5. The van der Waals surface area contributed by atoms with Gasteiger partial charge >= 0.3 is 0 Å². The predicted molar refractivity (Wildman–Crippen MR) is 126 cm³/mol. The molecule has 1 saturated heterocycles. The third-order valence-corrected chi connectivity index (χ3v) is 6.49. The largest absolute Gasteiger partial charge is 0.497 e. The first-order chi connectivity index (χ1) is 15.6. The lowest BCUT2D eigenvalue weighted by atomic mass is 10.0. The molecular weight excluding hydrogens is 424 g/mol. The van der Waals surface area contributed by atoms with Crippen LogP contribution in [-0.4, -0.2) is 57.7 Å². The number of hydrogen-bond donors (Lipinski definition) is 2. The molecule has 9 heteroatoms. The number of nitrogen functional groups attached to an aromatic ring is 1. The normalized spacial score (nSPS) is 14.9. The van der Waals surface area contributed by atoms with Crippen LogP contribution in [-0.2, 0) is 11.3 Å². The van der Waals surface area contributed by atoms with Crippen LogP contribution in [0, 0.1) is 0 Å². The molecule has 8 nitrogen and oxygen atoms in total. The van der Waals surface area contributed by atoms with Crippen LogP contribution in [0.1, 0.15) is 18.4 Å². The average molecular weight is 453 g/mol. The van der Waals surface area contributed by atoms with Crippen molar-refractivity contribution < 1.29 is 9.53 Å². The third kappa shape index (κ3) is 5.60. The van der Waals surface area contributed by atoms with Crippen LogP contribution < -0.4 is 15.9 Å². The van der Waals surface area contributed by atoms with Crippen LogP contribution in [0.2, 0.25) is 0 Å². The Morgan fingerprint density at radius 1 is 1.12 bits per heavy atom. The molecule has 0 saturated carbocycles. The van der Waals surface area contributed by atoms with Gasteiger partial charge < -0.3 is 15.9 Å². The van der Waals surface area contributed by atoms with E-state index in [2.05, 4.69) is 44.7 Å². The Labute approximate surface area is 192 Å².